The Bertz CT molecular complexity index is 1210. The number of halogens is 1. The lowest BCUT2D eigenvalue weighted by Gasteiger charge is -2.55. The molecule has 5 rings (SSSR count). The summed E-state index contributed by atoms with van der Waals surface area (Å²) >= 11 is 0. The fourth-order valence-electron chi connectivity index (χ4n) is 7.07. The first-order valence-electron chi connectivity index (χ1n) is 14.0. The molecule has 204 valence electrons. The molecule has 0 aromatic heterocycles. The highest BCUT2D eigenvalue weighted by Gasteiger charge is 2.51. The number of rotatable bonds is 6. The van der Waals surface area contributed by atoms with Crippen LogP contribution in [0.1, 0.15) is 63.1 Å². The highest BCUT2D eigenvalue weighted by atomic mass is 19.1. The van der Waals surface area contributed by atoms with Gasteiger partial charge in [0.15, 0.2) is 0 Å². The van der Waals surface area contributed by atoms with Gasteiger partial charge in [-0.3, -0.25) is 9.69 Å². The van der Waals surface area contributed by atoms with Crippen LogP contribution in [-0.4, -0.2) is 55.1 Å². The molecule has 1 aliphatic carbocycles. The molecule has 1 unspecified atom stereocenters. The molecule has 0 saturated carbocycles. The third-order valence-electron chi connectivity index (χ3n) is 8.91. The van der Waals surface area contributed by atoms with E-state index in [9.17, 15) is 9.18 Å². The number of carbonyl (C=O) groups is 1. The molecule has 2 fully saturated rings. The molecule has 2 bridgehead atoms. The maximum atomic E-state index is 14.2. The van der Waals surface area contributed by atoms with Crippen molar-refractivity contribution in [1.82, 2.24) is 9.80 Å². The first-order valence-corrected chi connectivity index (χ1v) is 14.0. The molecule has 2 saturated heterocycles. The van der Waals surface area contributed by atoms with Crippen molar-refractivity contribution < 1.29 is 18.7 Å². The molecule has 5 nitrogen and oxygen atoms in total. The van der Waals surface area contributed by atoms with E-state index in [1.54, 1.807) is 26.4 Å². The second-order valence-electron chi connectivity index (χ2n) is 11.8. The largest absolute Gasteiger partial charge is 0.497 e. The maximum absolute atomic E-state index is 14.2. The van der Waals surface area contributed by atoms with E-state index >= 15 is 0 Å². The van der Waals surface area contributed by atoms with Crippen molar-refractivity contribution >= 4 is 5.91 Å². The molecule has 2 heterocycles. The van der Waals surface area contributed by atoms with Gasteiger partial charge in [-0.15, -0.1) is 0 Å². The fraction of sp³-hybridized carbons (Fsp3) is 0.531. The van der Waals surface area contributed by atoms with Gasteiger partial charge in [0, 0.05) is 43.6 Å². The van der Waals surface area contributed by atoms with Crippen LogP contribution in [0.4, 0.5) is 4.39 Å². The van der Waals surface area contributed by atoms with Gasteiger partial charge >= 0.3 is 0 Å². The molecule has 1 spiro atoms. The lowest BCUT2D eigenvalue weighted by atomic mass is 9.65. The molecule has 2 aromatic carbocycles. The number of likely N-dealkylation sites (tertiary alicyclic amines) is 2. The molecule has 2 aliphatic heterocycles. The van der Waals surface area contributed by atoms with E-state index in [0.717, 1.165) is 80.1 Å². The Morgan fingerprint density at radius 3 is 2.32 bits per heavy atom. The van der Waals surface area contributed by atoms with Crippen LogP contribution in [0.5, 0.6) is 11.5 Å². The quantitative estimate of drug-likeness (QED) is 0.445. The number of methoxy groups -OCH3 is 2. The third-order valence-corrected chi connectivity index (χ3v) is 8.91. The molecular formula is C32H41FN2O3. The zero-order chi connectivity index (χ0) is 27.1. The number of carbonyl (C=O) groups excluding carboxylic acids is 1. The van der Waals surface area contributed by atoms with Crippen LogP contribution in [0, 0.1) is 11.7 Å². The van der Waals surface area contributed by atoms with Crippen molar-refractivity contribution in [3.05, 3.63) is 70.6 Å². The van der Waals surface area contributed by atoms with Gasteiger partial charge in [-0.1, -0.05) is 32.9 Å². The third kappa shape index (κ3) is 4.84. The molecular weight excluding hydrogens is 479 g/mol. The van der Waals surface area contributed by atoms with Crippen LogP contribution in [0.2, 0.25) is 0 Å². The number of hydrogen-bond donors (Lipinski definition) is 0. The first kappa shape index (κ1) is 26.7. The predicted octanol–water partition coefficient (Wildman–Crippen LogP) is 5.90. The van der Waals surface area contributed by atoms with Crippen molar-refractivity contribution in [2.75, 3.05) is 33.9 Å². The standard InChI is InChI=1S/C32H41FN2O3/c1-6-11-35-30(36)24-16-23-18-26(33)7-8-29(23)31(2,3)20-25(17-24)32(35)9-12-34(13-10-32)21-22-14-27(37-4)19-28(15-22)38-5/h7-8,14-15,18-20,24H,6,9-13,16-17,21H2,1-5H3/b25-20+. The summed E-state index contributed by atoms with van der Waals surface area (Å²) in [6, 6.07) is 11.2. The Balaban J connectivity index is 1.46. The minimum absolute atomic E-state index is 0.127. The summed E-state index contributed by atoms with van der Waals surface area (Å²) in [6.07, 6.45) is 6.57. The predicted molar refractivity (Wildman–Crippen MR) is 148 cm³/mol. The lowest BCUT2D eigenvalue weighted by Crippen LogP contribution is -2.63. The van der Waals surface area contributed by atoms with Gasteiger partial charge in [-0.2, -0.15) is 0 Å². The zero-order valence-corrected chi connectivity index (χ0v) is 23.5. The Morgan fingerprint density at radius 1 is 1.00 bits per heavy atom. The van der Waals surface area contributed by atoms with Crippen molar-refractivity contribution in [2.24, 2.45) is 5.92 Å². The van der Waals surface area contributed by atoms with Crippen molar-refractivity contribution in [1.29, 1.82) is 0 Å². The van der Waals surface area contributed by atoms with E-state index in [2.05, 4.69) is 48.8 Å². The van der Waals surface area contributed by atoms with E-state index in [1.165, 1.54) is 5.57 Å². The number of benzene rings is 2. The van der Waals surface area contributed by atoms with E-state index in [1.807, 2.05) is 12.1 Å². The van der Waals surface area contributed by atoms with Crippen LogP contribution in [0.15, 0.2) is 48.0 Å². The number of allylic oxidation sites excluding steroid dienone is 1. The van der Waals surface area contributed by atoms with Crippen molar-refractivity contribution in [3.8, 4) is 11.5 Å². The number of fused-ring (bicyclic) bond motifs is 4. The zero-order valence-electron chi connectivity index (χ0n) is 23.5. The van der Waals surface area contributed by atoms with Crippen molar-refractivity contribution in [3.63, 3.8) is 0 Å². The highest BCUT2D eigenvalue weighted by molar-refractivity contribution is 5.83. The Hall–Kier alpha value is -2.86. The normalized spacial score (nSPS) is 23.7. The maximum Gasteiger partial charge on any atom is 0.227 e. The first-order chi connectivity index (χ1) is 18.2. The van der Waals surface area contributed by atoms with E-state index < -0.39 is 0 Å². The summed E-state index contributed by atoms with van der Waals surface area (Å²) in [6.45, 7) is 10.0. The second kappa shape index (κ2) is 10.4. The van der Waals surface area contributed by atoms with Gasteiger partial charge in [0.1, 0.15) is 17.3 Å². The number of hydrogen-bond acceptors (Lipinski definition) is 4. The van der Waals surface area contributed by atoms with Gasteiger partial charge < -0.3 is 14.4 Å². The average molecular weight is 521 g/mol. The van der Waals surface area contributed by atoms with Crippen LogP contribution in [0.25, 0.3) is 0 Å². The number of piperidine rings is 2. The smallest absolute Gasteiger partial charge is 0.227 e. The Morgan fingerprint density at radius 2 is 1.68 bits per heavy atom. The summed E-state index contributed by atoms with van der Waals surface area (Å²) in [4.78, 5) is 18.7. The summed E-state index contributed by atoms with van der Waals surface area (Å²) < 4.78 is 25.2. The van der Waals surface area contributed by atoms with Crippen LogP contribution >= 0.6 is 0 Å². The van der Waals surface area contributed by atoms with Gasteiger partial charge in [-0.05, 0) is 78.6 Å². The molecule has 38 heavy (non-hydrogen) atoms. The van der Waals surface area contributed by atoms with E-state index in [4.69, 9.17) is 9.47 Å². The van der Waals surface area contributed by atoms with Gasteiger partial charge in [0.25, 0.3) is 0 Å². The second-order valence-corrected chi connectivity index (χ2v) is 11.8. The molecule has 3 aliphatic rings. The molecule has 6 heteroatoms. The monoisotopic (exact) mass is 520 g/mol. The topological polar surface area (TPSA) is 42.0 Å². The summed E-state index contributed by atoms with van der Waals surface area (Å²) in [5.41, 5.74) is 4.19. The van der Waals surface area contributed by atoms with Crippen LogP contribution < -0.4 is 9.47 Å². The minimum atomic E-state index is -0.249. The van der Waals surface area contributed by atoms with E-state index in [0.29, 0.717) is 6.42 Å². The average Bonchev–Trinajstić information content (AvgIpc) is 2.89. The SMILES string of the molecule is CCCN1C(=O)C2C/C(=C\C(C)(C)c3ccc(F)cc3C2)C12CCN(Cc1cc(OC)cc(OC)c1)CC2. The summed E-state index contributed by atoms with van der Waals surface area (Å²) in [5.74, 6) is 1.48. The molecule has 2 aromatic rings. The van der Waals surface area contributed by atoms with E-state index in [-0.39, 0.29) is 28.6 Å². The summed E-state index contributed by atoms with van der Waals surface area (Å²) in [7, 11) is 3.36. The number of amides is 1. The number of ether oxygens (including phenoxy) is 2. The minimum Gasteiger partial charge on any atom is -0.497 e. The molecule has 0 radical (unpaired) electrons. The number of nitrogens with zero attached hydrogens (tertiary/aromatic N) is 2. The fourth-order valence-corrected chi connectivity index (χ4v) is 7.07. The van der Waals surface area contributed by atoms with Crippen LogP contribution in [-0.2, 0) is 23.2 Å². The molecule has 0 N–H and O–H groups in total. The van der Waals surface area contributed by atoms with Gasteiger partial charge in [-0.25, -0.2) is 4.39 Å². The Labute approximate surface area is 226 Å². The molecule has 1 atom stereocenters. The summed E-state index contributed by atoms with van der Waals surface area (Å²) in [5, 5.41) is 0. The van der Waals surface area contributed by atoms with Gasteiger partial charge in [0.2, 0.25) is 5.91 Å². The Kier molecular flexibility index (Phi) is 7.29. The lowest BCUT2D eigenvalue weighted by molar-refractivity contribution is -0.146. The van der Waals surface area contributed by atoms with Gasteiger partial charge in [0.05, 0.1) is 19.8 Å². The van der Waals surface area contributed by atoms with Crippen LogP contribution in [0.3, 0.4) is 0 Å². The molecule has 1 amide bonds. The highest BCUT2D eigenvalue weighted by Crippen LogP contribution is 2.48. The van der Waals surface area contributed by atoms with Crippen molar-refractivity contribution in [2.45, 2.75) is 70.4 Å².